The van der Waals surface area contributed by atoms with Crippen molar-refractivity contribution in [3.63, 3.8) is 0 Å². The fourth-order valence-electron chi connectivity index (χ4n) is 4.42. The van der Waals surface area contributed by atoms with Crippen LogP contribution in [0.2, 0.25) is 0 Å². The SMILES string of the molecule is CN=C(NCc1ccc(N2CCOCC2)cc1)NCC1CCCN1Cc1ccccc1.I. The molecule has 1 atom stereocenters. The number of anilines is 1. The molecule has 0 aromatic heterocycles. The Labute approximate surface area is 209 Å². The Kier molecular flexibility index (Phi) is 10.1. The van der Waals surface area contributed by atoms with Crippen LogP contribution < -0.4 is 15.5 Å². The van der Waals surface area contributed by atoms with Crippen LogP contribution in [0.15, 0.2) is 59.6 Å². The quantitative estimate of drug-likeness (QED) is 0.315. The van der Waals surface area contributed by atoms with E-state index in [4.69, 9.17) is 4.74 Å². The lowest BCUT2D eigenvalue weighted by molar-refractivity contribution is 0.122. The lowest BCUT2D eigenvalue weighted by Gasteiger charge is -2.29. The molecule has 1 unspecified atom stereocenters. The van der Waals surface area contributed by atoms with Crippen LogP contribution >= 0.6 is 24.0 Å². The summed E-state index contributed by atoms with van der Waals surface area (Å²) in [5, 5.41) is 7.00. The first kappa shape index (κ1) is 24.8. The molecule has 2 N–H and O–H groups in total. The highest BCUT2D eigenvalue weighted by atomic mass is 127. The van der Waals surface area contributed by atoms with E-state index >= 15 is 0 Å². The van der Waals surface area contributed by atoms with Gasteiger partial charge in [-0.2, -0.15) is 0 Å². The van der Waals surface area contributed by atoms with E-state index in [1.807, 2.05) is 7.05 Å². The molecule has 32 heavy (non-hydrogen) atoms. The summed E-state index contributed by atoms with van der Waals surface area (Å²) < 4.78 is 5.44. The highest BCUT2D eigenvalue weighted by molar-refractivity contribution is 14.0. The molecule has 2 aliphatic heterocycles. The summed E-state index contributed by atoms with van der Waals surface area (Å²) in [6, 6.07) is 20.1. The number of aliphatic imine (C=N–C) groups is 1. The average Bonchev–Trinajstić information content (AvgIpc) is 3.27. The van der Waals surface area contributed by atoms with E-state index in [1.54, 1.807) is 0 Å². The Hall–Kier alpha value is -1.84. The monoisotopic (exact) mass is 549 g/mol. The van der Waals surface area contributed by atoms with E-state index in [0.717, 1.165) is 51.9 Å². The molecule has 2 saturated heterocycles. The molecule has 0 bridgehead atoms. The van der Waals surface area contributed by atoms with E-state index in [0.29, 0.717) is 6.04 Å². The molecule has 6 nitrogen and oxygen atoms in total. The van der Waals surface area contributed by atoms with E-state index in [-0.39, 0.29) is 24.0 Å². The number of halogens is 1. The van der Waals surface area contributed by atoms with Gasteiger partial charge in [-0.05, 0) is 42.6 Å². The van der Waals surface area contributed by atoms with E-state index in [9.17, 15) is 0 Å². The van der Waals surface area contributed by atoms with Gasteiger partial charge in [0.2, 0.25) is 0 Å². The number of nitrogens with one attached hydrogen (secondary N) is 2. The third-order valence-electron chi connectivity index (χ3n) is 6.23. The summed E-state index contributed by atoms with van der Waals surface area (Å²) in [7, 11) is 1.84. The van der Waals surface area contributed by atoms with Crippen molar-refractivity contribution >= 4 is 35.6 Å². The van der Waals surface area contributed by atoms with Crippen molar-refractivity contribution in [2.45, 2.75) is 32.0 Å². The summed E-state index contributed by atoms with van der Waals surface area (Å²) in [6.07, 6.45) is 2.50. The molecule has 7 heteroatoms. The van der Waals surface area contributed by atoms with Gasteiger partial charge in [0, 0.05) is 51.5 Å². The first-order chi connectivity index (χ1) is 15.3. The first-order valence-corrected chi connectivity index (χ1v) is 11.5. The van der Waals surface area contributed by atoms with Crippen molar-refractivity contribution in [2.75, 3.05) is 51.3 Å². The molecule has 2 aromatic rings. The molecule has 2 aromatic carbocycles. The van der Waals surface area contributed by atoms with Gasteiger partial charge in [0.1, 0.15) is 0 Å². The number of hydrogen-bond acceptors (Lipinski definition) is 4. The maximum absolute atomic E-state index is 5.44. The average molecular weight is 550 g/mol. The number of nitrogens with zero attached hydrogens (tertiary/aromatic N) is 3. The van der Waals surface area contributed by atoms with E-state index in [1.165, 1.54) is 36.2 Å². The minimum absolute atomic E-state index is 0. The second-order valence-electron chi connectivity index (χ2n) is 8.32. The number of guanidine groups is 1. The number of hydrogen-bond donors (Lipinski definition) is 2. The normalized spacial score (nSPS) is 19.5. The van der Waals surface area contributed by atoms with Gasteiger partial charge in [-0.1, -0.05) is 42.5 Å². The van der Waals surface area contributed by atoms with Crippen LogP contribution in [0, 0.1) is 0 Å². The van der Waals surface area contributed by atoms with E-state index in [2.05, 4.69) is 80.0 Å². The second-order valence-corrected chi connectivity index (χ2v) is 8.32. The molecule has 2 fully saturated rings. The van der Waals surface area contributed by atoms with Gasteiger partial charge in [-0.3, -0.25) is 9.89 Å². The maximum atomic E-state index is 5.44. The van der Waals surface area contributed by atoms with Crippen LogP contribution in [0.25, 0.3) is 0 Å². The maximum Gasteiger partial charge on any atom is 0.191 e. The van der Waals surface area contributed by atoms with Gasteiger partial charge in [0.25, 0.3) is 0 Å². The van der Waals surface area contributed by atoms with Crippen molar-refractivity contribution in [2.24, 2.45) is 4.99 Å². The van der Waals surface area contributed by atoms with Crippen LogP contribution in [0.3, 0.4) is 0 Å². The van der Waals surface area contributed by atoms with Gasteiger partial charge in [-0.25, -0.2) is 0 Å². The summed E-state index contributed by atoms with van der Waals surface area (Å²) in [5.41, 5.74) is 3.92. The summed E-state index contributed by atoms with van der Waals surface area (Å²) >= 11 is 0. The predicted molar refractivity (Wildman–Crippen MR) is 143 cm³/mol. The number of likely N-dealkylation sites (tertiary alicyclic amines) is 1. The van der Waals surface area contributed by atoms with Crippen LogP contribution in [-0.4, -0.2) is 63.3 Å². The van der Waals surface area contributed by atoms with Gasteiger partial charge < -0.3 is 20.3 Å². The molecule has 2 aliphatic rings. The number of morpholine rings is 1. The van der Waals surface area contributed by atoms with Crippen LogP contribution in [0.1, 0.15) is 24.0 Å². The largest absolute Gasteiger partial charge is 0.378 e. The number of rotatable bonds is 7. The minimum atomic E-state index is 0. The molecular weight excluding hydrogens is 513 g/mol. The zero-order valence-corrected chi connectivity index (χ0v) is 21.3. The van der Waals surface area contributed by atoms with Gasteiger partial charge in [-0.15, -0.1) is 24.0 Å². The third kappa shape index (κ3) is 7.08. The third-order valence-corrected chi connectivity index (χ3v) is 6.23. The fraction of sp³-hybridized carbons (Fsp3) is 0.480. The Balaban J connectivity index is 0.00000289. The topological polar surface area (TPSA) is 52.1 Å². The Morgan fingerprint density at radius 2 is 1.72 bits per heavy atom. The zero-order chi connectivity index (χ0) is 21.3. The molecule has 0 aliphatic carbocycles. The van der Waals surface area contributed by atoms with Crippen molar-refractivity contribution in [1.82, 2.24) is 15.5 Å². The van der Waals surface area contributed by atoms with Crippen LogP contribution in [0.4, 0.5) is 5.69 Å². The molecule has 0 amide bonds. The van der Waals surface area contributed by atoms with Gasteiger partial charge >= 0.3 is 0 Å². The number of benzene rings is 2. The Morgan fingerprint density at radius 3 is 2.44 bits per heavy atom. The Morgan fingerprint density at radius 1 is 0.969 bits per heavy atom. The lowest BCUT2D eigenvalue weighted by atomic mass is 10.2. The number of ether oxygens (including phenoxy) is 1. The Bertz CT molecular complexity index is 824. The summed E-state index contributed by atoms with van der Waals surface area (Å²) in [6.45, 7) is 7.44. The molecule has 0 radical (unpaired) electrons. The molecule has 4 rings (SSSR count). The fourth-order valence-corrected chi connectivity index (χ4v) is 4.42. The predicted octanol–water partition coefficient (Wildman–Crippen LogP) is 3.47. The van der Waals surface area contributed by atoms with Crippen LogP contribution in [-0.2, 0) is 17.8 Å². The highest BCUT2D eigenvalue weighted by Gasteiger charge is 2.24. The smallest absolute Gasteiger partial charge is 0.191 e. The zero-order valence-electron chi connectivity index (χ0n) is 19.0. The highest BCUT2D eigenvalue weighted by Crippen LogP contribution is 2.19. The molecule has 174 valence electrons. The van der Waals surface area contributed by atoms with Crippen LogP contribution in [0.5, 0.6) is 0 Å². The van der Waals surface area contributed by atoms with Gasteiger partial charge in [0.05, 0.1) is 13.2 Å². The molecule has 2 heterocycles. The van der Waals surface area contributed by atoms with Crippen molar-refractivity contribution < 1.29 is 4.74 Å². The second kappa shape index (κ2) is 13.0. The summed E-state index contributed by atoms with van der Waals surface area (Å²) in [5.74, 6) is 0.865. The van der Waals surface area contributed by atoms with E-state index < -0.39 is 0 Å². The molecule has 0 saturated carbocycles. The van der Waals surface area contributed by atoms with Crippen molar-refractivity contribution in [3.8, 4) is 0 Å². The molecular formula is C25H36IN5O. The van der Waals surface area contributed by atoms with Crippen molar-refractivity contribution in [3.05, 3.63) is 65.7 Å². The molecule has 0 spiro atoms. The van der Waals surface area contributed by atoms with Gasteiger partial charge in [0.15, 0.2) is 5.96 Å². The van der Waals surface area contributed by atoms with Crippen molar-refractivity contribution in [1.29, 1.82) is 0 Å². The first-order valence-electron chi connectivity index (χ1n) is 11.5. The summed E-state index contributed by atoms with van der Waals surface area (Å²) in [4.78, 5) is 9.38. The standard InChI is InChI=1S/C25H35N5O.HI/c1-26-25(27-18-21-9-11-23(12-10-21)29-14-16-31-17-15-29)28-19-24-8-5-13-30(24)20-22-6-3-2-4-7-22;/h2-4,6-7,9-12,24H,5,8,13-20H2,1H3,(H2,26,27,28);1H. The minimum Gasteiger partial charge on any atom is -0.378 e. The lowest BCUT2D eigenvalue weighted by Crippen LogP contribution is -2.44.